The molecule has 23 heavy (non-hydrogen) atoms. The molecule has 0 bridgehead atoms. The maximum atomic E-state index is 12.7. The fourth-order valence-corrected chi connectivity index (χ4v) is 3.41. The number of aryl methyl sites for hydroxylation is 1. The molecule has 3 rings (SSSR count). The number of carboxylic acid groups (broad SMARTS) is 1. The van der Waals surface area contributed by atoms with Gasteiger partial charge < -0.3 is 15.1 Å². The van der Waals surface area contributed by atoms with Crippen LogP contribution in [0.25, 0.3) is 0 Å². The van der Waals surface area contributed by atoms with Crippen LogP contribution in [-0.4, -0.2) is 51.2 Å². The Morgan fingerprint density at radius 3 is 2.70 bits per heavy atom. The lowest BCUT2D eigenvalue weighted by Crippen LogP contribution is -2.57. The number of rotatable bonds is 4. The second-order valence-electron chi connectivity index (χ2n) is 6.80. The van der Waals surface area contributed by atoms with E-state index < -0.39 is 17.5 Å². The van der Waals surface area contributed by atoms with Gasteiger partial charge in [0.2, 0.25) is 0 Å². The van der Waals surface area contributed by atoms with Gasteiger partial charge in [0.15, 0.2) is 0 Å². The molecule has 1 saturated carbocycles. The van der Waals surface area contributed by atoms with Crippen molar-refractivity contribution in [3.63, 3.8) is 0 Å². The minimum atomic E-state index is -1.25. The monoisotopic (exact) mass is 318 g/mol. The number of carbonyl (C=O) groups is 2. The van der Waals surface area contributed by atoms with Crippen LogP contribution in [0, 0.1) is 18.3 Å². The number of aliphatic hydroxyl groups excluding tert-OH is 1. The number of aliphatic carboxylic acids is 1. The van der Waals surface area contributed by atoms with Crippen LogP contribution in [0.4, 0.5) is 0 Å². The summed E-state index contributed by atoms with van der Waals surface area (Å²) in [6.07, 6.45) is 1.84. The van der Waals surface area contributed by atoms with Crippen LogP contribution >= 0.6 is 0 Å². The quantitative estimate of drug-likeness (QED) is 0.877. The largest absolute Gasteiger partial charge is 0.481 e. The van der Waals surface area contributed by atoms with Gasteiger partial charge in [-0.05, 0) is 37.8 Å². The number of likely N-dealkylation sites (tertiary alicyclic amines) is 1. The summed E-state index contributed by atoms with van der Waals surface area (Å²) in [6, 6.07) is 5.22. The maximum Gasteiger partial charge on any atom is 0.314 e. The summed E-state index contributed by atoms with van der Waals surface area (Å²) >= 11 is 0. The summed E-state index contributed by atoms with van der Waals surface area (Å²) in [5.74, 6) is -0.915. The molecule has 6 heteroatoms. The predicted molar refractivity (Wildman–Crippen MR) is 82.9 cm³/mol. The molecule has 2 N–H and O–H groups in total. The molecule has 2 fully saturated rings. The molecule has 6 nitrogen and oxygen atoms in total. The van der Waals surface area contributed by atoms with Gasteiger partial charge in [-0.15, -0.1) is 0 Å². The van der Waals surface area contributed by atoms with Gasteiger partial charge in [-0.1, -0.05) is 18.9 Å². The van der Waals surface area contributed by atoms with Crippen LogP contribution in [-0.2, 0) is 4.79 Å². The fraction of sp³-hybridized carbons (Fsp3) is 0.588. The Labute approximate surface area is 135 Å². The van der Waals surface area contributed by atoms with Crippen molar-refractivity contribution in [2.24, 2.45) is 11.3 Å². The summed E-state index contributed by atoms with van der Waals surface area (Å²) < 4.78 is 0. The first kappa shape index (κ1) is 15.9. The Balaban J connectivity index is 1.83. The normalized spacial score (nSPS) is 27.7. The number of carbonyl (C=O) groups excluding carboxylic acids is 1. The van der Waals surface area contributed by atoms with Crippen LogP contribution in [0.1, 0.15) is 41.9 Å². The second kappa shape index (κ2) is 5.92. The molecule has 124 valence electrons. The summed E-state index contributed by atoms with van der Waals surface area (Å²) in [5.41, 5.74) is -0.179. The first-order valence-corrected chi connectivity index (χ1v) is 8.07. The van der Waals surface area contributed by atoms with E-state index in [9.17, 15) is 19.8 Å². The molecule has 0 aromatic carbocycles. The van der Waals surface area contributed by atoms with Crippen molar-refractivity contribution in [3.05, 3.63) is 29.6 Å². The number of amides is 1. The van der Waals surface area contributed by atoms with Crippen molar-refractivity contribution in [2.45, 2.75) is 38.7 Å². The average Bonchev–Trinajstić information content (AvgIpc) is 3.32. The molecule has 0 radical (unpaired) electrons. The van der Waals surface area contributed by atoms with Crippen LogP contribution in [0.15, 0.2) is 18.2 Å². The van der Waals surface area contributed by atoms with Crippen LogP contribution in [0.5, 0.6) is 0 Å². The minimum Gasteiger partial charge on any atom is -0.481 e. The van der Waals surface area contributed by atoms with Gasteiger partial charge in [0, 0.05) is 18.8 Å². The average molecular weight is 318 g/mol. The standard InChI is InChI=1S/C17H22N2O4/c1-11-3-2-4-13(18-11)15(21)19-8-7-14(20)17(10-19,16(22)23)9-12-5-6-12/h2-4,12,14,20H,5-10H2,1H3,(H,22,23)/t14-,17+/m0/s1. The molecule has 1 aromatic heterocycles. The topological polar surface area (TPSA) is 90.7 Å². The van der Waals surface area contributed by atoms with Gasteiger partial charge in [-0.25, -0.2) is 4.98 Å². The molecule has 1 aliphatic heterocycles. The number of aromatic nitrogens is 1. The first-order valence-electron chi connectivity index (χ1n) is 8.07. The highest BCUT2D eigenvalue weighted by Gasteiger charge is 2.52. The molecule has 1 amide bonds. The Morgan fingerprint density at radius 2 is 2.09 bits per heavy atom. The van der Waals surface area contributed by atoms with E-state index in [0.717, 1.165) is 18.5 Å². The molecule has 1 aliphatic carbocycles. The van der Waals surface area contributed by atoms with Crippen LogP contribution in [0.2, 0.25) is 0 Å². The van der Waals surface area contributed by atoms with Crippen molar-refractivity contribution >= 4 is 11.9 Å². The van der Waals surface area contributed by atoms with E-state index in [-0.39, 0.29) is 18.9 Å². The number of hydrogen-bond acceptors (Lipinski definition) is 4. The van der Waals surface area contributed by atoms with E-state index in [4.69, 9.17) is 0 Å². The van der Waals surface area contributed by atoms with Gasteiger partial charge in [-0.3, -0.25) is 9.59 Å². The highest BCUT2D eigenvalue weighted by molar-refractivity contribution is 5.93. The van der Waals surface area contributed by atoms with E-state index in [0.29, 0.717) is 24.6 Å². The summed E-state index contributed by atoms with van der Waals surface area (Å²) in [6.45, 7) is 2.22. The van der Waals surface area contributed by atoms with Crippen LogP contribution in [0.3, 0.4) is 0 Å². The lowest BCUT2D eigenvalue weighted by molar-refractivity contribution is -0.163. The number of carboxylic acids is 1. The molecule has 0 unspecified atom stereocenters. The predicted octanol–water partition coefficient (Wildman–Crippen LogP) is 1.47. The van der Waals surface area contributed by atoms with E-state index in [1.165, 1.54) is 4.90 Å². The molecular weight excluding hydrogens is 296 g/mol. The molecule has 2 heterocycles. The number of nitrogens with zero attached hydrogens (tertiary/aromatic N) is 2. The Hall–Kier alpha value is -1.95. The second-order valence-corrected chi connectivity index (χ2v) is 6.80. The van der Waals surface area contributed by atoms with E-state index in [1.54, 1.807) is 12.1 Å². The third-order valence-electron chi connectivity index (χ3n) is 4.95. The highest BCUT2D eigenvalue weighted by Crippen LogP contribution is 2.45. The molecular formula is C17H22N2O4. The zero-order valence-electron chi connectivity index (χ0n) is 13.2. The van der Waals surface area contributed by atoms with Crippen LogP contribution < -0.4 is 0 Å². The van der Waals surface area contributed by atoms with Gasteiger partial charge in [0.05, 0.1) is 6.10 Å². The fourth-order valence-electron chi connectivity index (χ4n) is 3.41. The van der Waals surface area contributed by atoms with Crippen molar-refractivity contribution < 1.29 is 19.8 Å². The van der Waals surface area contributed by atoms with Crippen molar-refractivity contribution in [1.29, 1.82) is 0 Å². The molecule has 2 atom stereocenters. The maximum absolute atomic E-state index is 12.7. The van der Waals surface area contributed by atoms with Crippen molar-refractivity contribution in [2.75, 3.05) is 13.1 Å². The summed E-state index contributed by atoms with van der Waals surface area (Å²) in [4.78, 5) is 30.3. The van der Waals surface area contributed by atoms with Gasteiger partial charge in [0.25, 0.3) is 5.91 Å². The SMILES string of the molecule is Cc1cccc(C(=O)N2CC[C@H](O)[C@](CC3CC3)(C(=O)O)C2)n1. The van der Waals surface area contributed by atoms with E-state index >= 15 is 0 Å². The number of aliphatic hydroxyl groups is 1. The Bertz CT molecular complexity index is 629. The number of pyridine rings is 1. The highest BCUT2D eigenvalue weighted by atomic mass is 16.4. The zero-order chi connectivity index (χ0) is 16.6. The molecule has 0 spiro atoms. The summed E-state index contributed by atoms with van der Waals surface area (Å²) in [5, 5.41) is 20.1. The third kappa shape index (κ3) is 3.08. The Kier molecular flexibility index (Phi) is 4.10. The zero-order valence-corrected chi connectivity index (χ0v) is 13.2. The first-order chi connectivity index (χ1) is 10.9. The lowest BCUT2D eigenvalue weighted by atomic mass is 9.73. The molecule has 1 saturated heterocycles. The van der Waals surface area contributed by atoms with E-state index in [1.807, 2.05) is 13.0 Å². The van der Waals surface area contributed by atoms with Gasteiger partial charge >= 0.3 is 5.97 Å². The van der Waals surface area contributed by atoms with Crippen molar-refractivity contribution in [3.8, 4) is 0 Å². The molecule has 1 aromatic rings. The smallest absolute Gasteiger partial charge is 0.314 e. The minimum absolute atomic E-state index is 0.0501. The summed E-state index contributed by atoms with van der Waals surface area (Å²) in [7, 11) is 0. The Morgan fingerprint density at radius 1 is 1.35 bits per heavy atom. The number of hydrogen-bond donors (Lipinski definition) is 2. The van der Waals surface area contributed by atoms with E-state index in [2.05, 4.69) is 4.98 Å². The van der Waals surface area contributed by atoms with Gasteiger partial charge in [0.1, 0.15) is 11.1 Å². The molecule has 2 aliphatic rings. The lowest BCUT2D eigenvalue weighted by Gasteiger charge is -2.43. The van der Waals surface area contributed by atoms with Crippen molar-refractivity contribution in [1.82, 2.24) is 9.88 Å². The third-order valence-corrected chi connectivity index (χ3v) is 4.95. The number of piperidine rings is 1. The van der Waals surface area contributed by atoms with Gasteiger partial charge in [-0.2, -0.15) is 0 Å².